The van der Waals surface area contributed by atoms with E-state index in [1.807, 2.05) is 43.3 Å². The molecule has 3 rings (SSSR count). The number of aryl methyl sites for hydroxylation is 1. The van der Waals surface area contributed by atoms with Crippen LogP contribution in [0.5, 0.6) is 5.75 Å². The van der Waals surface area contributed by atoms with E-state index in [0.717, 1.165) is 16.4 Å². The van der Waals surface area contributed by atoms with Crippen molar-refractivity contribution in [3.63, 3.8) is 0 Å². The summed E-state index contributed by atoms with van der Waals surface area (Å²) < 4.78 is 6.00. The highest BCUT2D eigenvalue weighted by Crippen LogP contribution is 2.31. The molecule has 0 aliphatic rings. The number of anilines is 3. The molecule has 0 fully saturated rings. The third-order valence-electron chi connectivity index (χ3n) is 4.03. The number of nitrogens with zero attached hydrogens (tertiary/aromatic N) is 2. The van der Waals surface area contributed by atoms with Crippen LogP contribution in [0.4, 0.5) is 16.5 Å². The molecular weight excluding hydrogens is 392 g/mol. The highest BCUT2D eigenvalue weighted by molar-refractivity contribution is 8.02. The van der Waals surface area contributed by atoms with Crippen molar-refractivity contribution in [2.24, 2.45) is 0 Å². The maximum atomic E-state index is 12.5. The second-order valence-electron chi connectivity index (χ2n) is 6.00. The largest absolute Gasteiger partial charge is 0.495 e. The van der Waals surface area contributed by atoms with Crippen LogP contribution in [0.3, 0.4) is 0 Å². The van der Waals surface area contributed by atoms with Crippen molar-refractivity contribution in [1.29, 1.82) is 0 Å². The molecule has 2 aromatic carbocycles. The predicted octanol–water partition coefficient (Wildman–Crippen LogP) is 4.97. The second-order valence-corrected chi connectivity index (χ2v) is 8.56. The van der Waals surface area contributed by atoms with E-state index in [-0.39, 0.29) is 11.2 Å². The SMILES string of the molecule is CCc1ccc(Nc2nnc(S[C@@H](C)C(=O)Nc3ccccc3OC)s2)cc1. The van der Waals surface area contributed by atoms with Gasteiger partial charge in [-0.1, -0.05) is 54.3 Å². The third-order valence-corrected chi connectivity index (χ3v) is 6.05. The highest BCUT2D eigenvalue weighted by Gasteiger charge is 2.18. The Balaban J connectivity index is 1.58. The number of hydrogen-bond acceptors (Lipinski definition) is 7. The Morgan fingerprint density at radius 2 is 1.93 bits per heavy atom. The molecular formula is C20H22N4O2S2. The lowest BCUT2D eigenvalue weighted by molar-refractivity contribution is -0.115. The molecule has 0 saturated heterocycles. The number of para-hydroxylation sites is 2. The first-order valence-corrected chi connectivity index (χ1v) is 10.6. The normalized spacial score (nSPS) is 11.7. The number of nitrogens with one attached hydrogen (secondary N) is 2. The summed E-state index contributed by atoms with van der Waals surface area (Å²) in [4.78, 5) is 12.5. The smallest absolute Gasteiger partial charge is 0.237 e. The summed E-state index contributed by atoms with van der Waals surface area (Å²) in [5.74, 6) is 0.513. The van der Waals surface area contributed by atoms with Crippen LogP contribution >= 0.6 is 23.1 Å². The minimum atomic E-state index is -0.324. The number of rotatable bonds is 8. The van der Waals surface area contributed by atoms with Crippen molar-refractivity contribution < 1.29 is 9.53 Å². The zero-order valence-electron chi connectivity index (χ0n) is 15.9. The van der Waals surface area contributed by atoms with E-state index >= 15 is 0 Å². The van der Waals surface area contributed by atoms with E-state index in [1.54, 1.807) is 7.11 Å². The summed E-state index contributed by atoms with van der Waals surface area (Å²) in [6, 6.07) is 15.6. The molecule has 3 aromatic rings. The van der Waals surface area contributed by atoms with Crippen LogP contribution in [0.1, 0.15) is 19.4 Å². The third kappa shape index (κ3) is 5.24. The topological polar surface area (TPSA) is 76.1 Å². The van der Waals surface area contributed by atoms with Gasteiger partial charge >= 0.3 is 0 Å². The van der Waals surface area contributed by atoms with Crippen molar-refractivity contribution in [1.82, 2.24) is 10.2 Å². The van der Waals surface area contributed by atoms with Crippen LogP contribution in [0.15, 0.2) is 52.9 Å². The number of ether oxygens (including phenoxy) is 1. The average Bonchev–Trinajstić information content (AvgIpc) is 3.15. The molecule has 146 valence electrons. The molecule has 1 atom stereocenters. The summed E-state index contributed by atoms with van der Waals surface area (Å²) in [7, 11) is 1.58. The van der Waals surface area contributed by atoms with Crippen LogP contribution in [0, 0.1) is 0 Å². The maximum absolute atomic E-state index is 12.5. The molecule has 1 amide bonds. The van der Waals surface area contributed by atoms with Gasteiger partial charge in [0.1, 0.15) is 5.75 Å². The van der Waals surface area contributed by atoms with E-state index in [4.69, 9.17) is 4.74 Å². The Kier molecular flexibility index (Phi) is 6.89. The fraction of sp³-hybridized carbons (Fsp3) is 0.250. The average molecular weight is 415 g/mol. The molecule has 0 spiro atoms. The molecule has 0 aliphatic heterocycles. The predicted molar refractivity (Wildman–Crippen MR) is 116 cm³/mol. The van der Waals surface area contributed by atoms with E-state index in [1.165, 1.54) is 28.7 Å². The van der Waals surface area contributed by atoms with Crippen LogP contribution in [0.25, 0.3) is 0 Å². The Morgan fingerprint density at radius 3 is 2.64 bits per heavy atom. The van der Waals surface area contributed by atoms with Crippen molar-refractivity contribution in [2.45, 2.75) is 29.9 Å². The van der Waals surface area contributed by atoms with E-state index in [9.17, 15) is 4.79 Å². The highest BCUT2D eigenvalue weighted by atomic mass is 32.2. The zero-order chi connectivity index (χ0) is 19.9. The number of benzene rings is 2. The fourth-order valence-corrected chi connectivity index (χ4v) is 4.36. The summed E-state index contributed by atoms with van der Waals surface area (Å²) in [6.45, 7) is 3.97. The Hall–Kier alpha value is -2.58. The number of carbonyl (C=O) groups excluding carboxylic acids is 1. The van der Waals surface area contributed by atoms with E-state index in [0.29, 0.717) is 16.6 Å². The number of carbonyl (C=O) groups is 1. The summed E-state index contributed by atoms with van der Waals surface area (Å²) >= 11 is 2.80. The van der Waals surface area contributed by atoms with Crippen LogP contribution in [-0.4, -0.2) is 28.5 Å². The van der Waals surface area contributed by atoms with E-state index < -0.39 is 0 Å². The second kappa shape index (κ2) is 9.57. The molecule has 6 nitrogen and oxygen atoms in total. The Labute approximate surface area is 172 Å². The lowest BCUT2D eigenvalue weighted by atomic mass is 10.1. The Morgan fingerprint density at radius 1 is 1.18 bits per heavy atom. The molecule has 1 aromatic heterocycles. The quantitative estimate of drug-likeness (QED) is 0.507. The summed E-state index contributed by atoms with van der Waals surface area (Å²) in [6.07, 6.45) is 1.01. The molecule has 0 unspecified atom stereocenters. The summed E-state index contributed by atoms with van der Waals surface area (Å²) in [5, 5.41) is 14.9. The summed E-state index contributed by atoms with van der Waals surface area (Å²) in [5.41, 5.74) is 2.90. The van der Waals surface area contributed by atoms with E-state index in [2.05, 4.69) is 39.9 Å². The molecule has 0 saturated carbocycles. The molecule has 8 heteroatoms. The molecule has 0 bridgehead atoms. The van der Waals surface area contributed by atoms with Crippen molar-refractivity contribution in [3.8, 4) is 5.75 Å². The molecule has 2 N–H and O–H groups in total. The lowest BCUT2D eigenvalue weighted by Crippen LogP contribution is -2.22. The van der Waals surface area contributed by atoms with Gasteiger partial charge in [0.15, 0.2) is 4.34 Å². The standard InChI is InChI=1S/C20H22N4O2S2/c1-4-14-9-11-15(12-10-14)21-19-23-24-20(28-19)27-13(2)18(25)22-16-7-5-6-8-17(16)26-3/h5-13H,4H2,1-3H3,(H,21,23)(H,22,25)/t13-/m0/s1. The van der Waals surface area contributed by atoms with Crippen molar-refractivity contribution in [3.05, 3.63) is 54.1 Å². The maximum Gasteiger partial charge on any atom is 0.237 e. The van der Waals surface area contributed by atoms with Crippen LogP contribution in [0.2, 0.25) is 0 Å². The van der Waals surface area contributed by atoms with Gasteiger partial charge in [-0.2, -0.15) is 0 Å². The first-order valence-electron chi connectivity index (χ1n) is 8.89. The first-order chi connectivity index (χ1) is 13.6. The van der Waals surface area contributed by atoms with Gasteiger partial charge in [0.25, 0.3) is 0 Å². The minimum Gasteiger partial charge on any atom is -0.495 e. The molecule has 1 heterocycles. The van der Waals surface area contributed by atoms with Crippen molar-refractivity contribution in [2.75, 3.05) is 17.7 Å². The van der Waals surface area contributed by atoms with Gasteiger partial charge in [0.05, 0.1) is 18.0 Å². The molecule has 0 aliphatic carbocycles. The monoisotopic (exact) mass is 414 g/mol. The van der Waals surface area contributed by atoms with Crippen LogP contribution in [-0.2, 0) is 11.2 Å². The van der Waals surface area contributed by atoms with Gasteiger partial charge in [0.2, 0.25) is 11.0 Å². The fourth-order valence-electron chi connectivity index (χ4n) is 2.44. The van der Waals surface area contributed by atoms with Crippen LogP contribution < -0.4 is 15.4 Å². The van der Waals surface area contributed by atoms with Crippen molar-refractivity contribution >= 4 is 45.5 Å². The van der Waals surface area contributed by atoms with Gasteiger partial charge < -0.3 is 15.4 Å². The Bertz CT molecular complexity index is 928. The number of hydrogen-bond donors (Lipinski definition) is 2. The minimum absolute atomic E-state index is 0.116. The zero-order valence-corrected chi connectivity index (χ0v) is 17.6. The number of methoxy groups -OCH3 is 1. The number of thioether (sulfide) groups is 1. The van der Waals surface area contributed by atoms with Gasteiger partial charge in [-0.05, 0) is 43.2 Å². The lowest BCUT2D eigenvalue weighted by Gasteiger charge is -2.12. The van der Waals surface area contributed by atoms with Gasteiger partial charge in [-0.3, -0.25) is 4.79 Å². The number of amides is 1. The first kappa shape index (κ1) is 20.2. The van der Waals surface area contributed by atoms with Gasteiger partial charge in [-0.25, -0.2) is 0 Å². The van der Waals surface area contributed by atoms with Gasteiger partial charge in [0, 0.05) is 5.69 Å². The molecule has 0 radical (unpaired) electrons. The molecule has 28 heavy (non-hydrogen) atoms. The van der Waals surface area contributed by atoms with Gasteiger partial charge in [-0.15, -0.1) is 10.2 Å². The number of aromatic nitrogens is 2.